The molecule has 1 saturated carbocycles. The molecule has 1 rings (SSSR count). The summed E-state index contributed by atoms with van der Waals surface area (Å²) in [6.45, 7) is 1.63. The summed E-state index contributed by atoms with van der Waals surface area (Å²) in [4.78, 5) is 24.0. The van der Waals surface area contributed by atoms with E-state index in [4.69, 9.17) is 5.11 Å². The van der Waals surface area contributed by atoms with Crippen LogP contribution in [0.4, 0.5) is 13.2 Å². The third-order valence-corrected chi connectivity index (χ3v) is 4.17. The Morgan fingerprint density at radius 2 is 1.76 bits per heavy atom. The fourth-order valence-electron chi connectivity index (χ4n) is 2.69. The first-order valence-corrected chi connectivity index (χ1v) is 7.14. The summed E-state index contributed by atoms with van der Waals surface area (Å²) in [5.41, 5.74) is 0. The molecule has 1 amide bonds. The van der Waals surface area contributed by atoms with Crippen LogP contribution in [0.25, 0.3) is 0 Å². The number of rotatable bonds is 5. The average Bonchev–Trinajstić information content (AvgIpc) is 2.37. The van der Waals surface area contributed by atoms with Crippen molar-refractivity contribution in [2.24, 2.45) is 17.8 Å². The number of carboxylic acids is 1. The molecule has 122 valence electrons. The summed E-state index contributed by atoms with van der Waals surface area (Å²) in [7, 11) is 1.53. The molecule has 0 aromatic carbocycles. The molecule has 0 aromatic rings. The number of hydrogen-bond acceptors (Lipinski definition) is 2. The minimum absolute atomic E-state index is 0.0290. The van der Waals surface area contributed by atoms with Gasteiger partial charge < -0.3 is 10.0 Å². The van der Waals surface area contributed by atoms with Crippen LogP contribution < -0.4 is 0 Å². The molecule has 7 heteroatoms. The van der Waals surface area contributed by atoms with E-state index in [1.165, 1.54) is 18.9 Å². The van der Waals surface area contributed by atoms with Crippen LogP contribution >= 0.6 is 0 Å². The third kappa shape index (κ3) is 5.55. The Balaban J connectivity index is 2.38. The van der Waals surface area contributed by atoms with Gasteiger partial charge in [0.2, 0.25) is 5.91 Å². The van der Waals surface area contributed by atoms with E-state index in [2.05, 4.69) is 0 Å². The van der Waals surface area contributed by atoms with Crippen LogP contribution in [-0.2, 0) is 9.59 Å². The van der Waals surface area contributed by atoms with E-state index in [0.717, 1.165) is 0 Å². The van der Waals surface area contributed by atoms with Crippen molar-refractivity contribution in [3.05, 3.63) is 0 Å². The zero-order valence-corrected chi connectivity index (χ0v) is 12.3. The van der Waals surface area contributed by atoms with Crippen LogP contribution in [-0.4, -0.2) is 41.7 Å². The lowest BCUT2D eigenvalue weighted by atomic mass is 9.80. The van der Waals surface area contributed by atoms with Gasteiger partial charge in [-0.3, -0.25) is 9.59 Å². The molecule has 1 fully saturated rings. The van der Waals surface area contributed by atoms with Gasteiger partial charge in [-0.05, 0) is 31.6 Å². The fraction of sp³-hybridized carbons (Fsp3) is 0.857. The van der Waals surface area contributed by atoms with E-state index in [-0.39, 0.29) is 37.6 Å². The van der Waals surface area contributed by atoms with E-state index < -0.39 is 24.0 Å². The van der Waals surface area contributed by atoms with Gasteiger partial charge in [0.05, 0.1) is 11.8 Å². The molecule has 1 atom stereocenters. The Hall–Kier alpha value is -1.27. The second-order valence-corrected chi connectivity index (χ2v) is 5.98. The van der Waals surface area contributed by atoms with Gasteiger partial charge in [-0.1, -0.05) is 6.92 Å². The largest absolute Gasteiger partial charge is 0.481 e. The lowest BCUT2D eigenvalue weighted by Crippen LogP contribution is -2.35. The van der Waals surface area contributed by atoms with E-state index in [1.54, 1.807) is 0 Å². The van der Waals surface area contributed by atoms with Crippen LogP contribution in [0.3, 0.4) is 0 Å². The zero-order chi connectivity index (χ0) is 16.2. The SMILES string of the molecule is CC(CN(C)C(=O)CC1CCC(C(F)(F)F)CC1)C(=O)O. The Kier molecular flexibility index (Phi) is 6.04. The highest BCUT2D eigenvalue weighted by molar-refractivity contribution is 5.77. The number of halogens is 3. The van der Waals surface area contributed by atoms with Crippen molar-refractivity contribution >= 4 is 11.9 Å². The van der Waals surface area contributed by atoms with Gasteiger partial charge in [-0.2, -0.15) is 13.2 Å². The number of carbonyl (C=O) groups excluding carboxylic acids is 1. The van der Waals surface area contributed by atoms with Crippen molar-refractivity contribution in [1.82, 2.24) is 4.90 Å². The molecule has 0 radical (unpaired) electrons. The number of carboxylic acid groups (broad SMARTS) is 1. The molecule has 1 unspecified atom stereocenters. The lowest BCUT2D eigenvalue weighted by Gasteiger charge is -2.30. The molecule has 4 nitrogen and oxygen atoms in total. The molecular weight excluding hydrogens is 287 g/mol. The maximum Gasteiger partial charge on any atom is 0.391 e. The van der Waals surface area contributed by atoms with Gasteiger partial charge in [0, 0.05) is 20.0 Å². The van der Waals surface area contributed by atoms with E-state index in [9.17, 15) is 22.8 Å². The van der Waals surface area contributed by atoms with Gasteiger partial charge in [-0.25, -0.2) is 0 Å². The van der Waals surface area contributed by atoms with Crippen LogP contribution in [0.1, 0.15) is 39.0 Å². The normalized spacial score (nSPS) is 24.4. The molecule has 0 bridgehead atoms. The summed E-state index contributed by atoms with van der Waals surface area (Å²) >= 11 is 0. The molecule has 0 saturated heterocycles. The second-order valence-electron chi connectivity index (χ2n) is 5.98. The molecule has 0 heterocycles. The van der Waals surface area contributed by atoms with Crippen molar-refractivity contribution in [2.75, 3.05) is 13.6 Å². The van der Waals surface area contributed by atoms with Crippen molar-refractivity contribution in [1.29, 1.82) is 0 Å². The average molecular weight is 309 g/mol. The van der Waals surface area contributed by atoms with Gasteiger partial charge >= 0.3 is 12.1 Å². The monoisotopic (exact) mass is 309 g/mol. The third-order valence-electron chi connectivity index (χ3n) is 4.17. The van der Waals surface area contributed by atoms with Crippen molar-refractivity contribution in [3.63, 3.8) is 0 Å². The van der Waals surface area contributed by atoms with Crippen LogP contribution in [0.5, 0.6) is 0 Å². The van der Waals surface area contributed by atoms with Gasteiger partial charge in [0.25, 0.3) is 0 Å². The summed E-state index contributed by atoms with van der Waals surface area (Å²) in [6, 6.07) is 0. The summed E-state index contributed by atoms with van der Waals surface area (Å²) in [6.07, 6.45) is -2.97. The smallest absolute Gasteiger partial charge is 0.391 e. The van der Waals surface area contributed by atoms with Gasteiger partial charge in [-0.15, -0.1) is 0 Å². The number of aliphatic carboxylic acids is 1. The quantitative estimate of drug-likeness (QED) is 0.849. The highest BCUT2D eigenvalue weighted by atomic mass is 19.4. The van der Waals surface area contributed by atoms with E-state index in [1.807, 2.05) is 0 Å². The second kappa shape index (κ2) is 7.13. The molecule has 1 aliphatic carbocycles. The molecule has 1 N–H and O–H groups in total. The predicted molar refractivity (Wildman–Crippen MR) is 70.6 cm³/mol. The Labute approximate surface area is 122 Å². The highest BCUT2D eigenvalue weighted by Crippen LogP contribution is 2.40. The van der Waals surface area contributed by atoms with Crippen LogP contribution in [0, 0.1) is 17.8 Å². The maximum atomic E-state index is 12.5. The first-order chi connectivity index (χ1) is 9.61. The molecule has 0 aromatic heterocycles. The number of alkyl halides is 3. The number of amides is 1. The van der Waals surface area contributed by atoms with Crippen molar-refractivity contribution < 1.29 is 27.9 Å². The predicted octanol–water partition coefficient (Wildman–Crippen LogP) is 2.92. The molecule has 1 aliphatic rings. The highest BCUT2D eigenvalue weighted by Gasteiger charge is 2.41. The van der Waals surface area contributed by atoms with Crippen molar-refractivity contribution in [3.8, 4) is 0 Å². The first-order valence-electron chi connectivity index (χ1n) is 7.14. The van der Waals surface area contributed by atoms with E-state index >= 15 is 0 Å². The molecular formula is C14H22F3NO3. The number of hydrogen-bond donors (Lipinski definition) is 1. The summed E-state index contributed by atoms with van der Waals surface area (Å²) < 4.78 is 37.6. The lowest BCUT2D eigenvalue weighted by molar-refractivity contribution is -0.184. The minimum atomic E-state index is -4.14. The Bertz CT molecular complexity index is 376. The maximum absolute atomic E-state index is 12.5. The first kappa shape index (κ1) is 17.8. The minimum Gasteiger partial charge on any atom is -0.481 e. The van der Waals surface area contributed by atoms with Crippen LogP contribution in [0.15, 0.2) is 0 Å². The number of carbonyl (C=O) groups is 2. The Morgan fingerprint density at radius 3 is 2.19 bits per heavy atom. The van der Waals surface area contributed by atoms with Gasteiger partial charge in [0.1, 0.15) is 0 Å². The van der Waals surface area contributed by atoms with Crippen molar-refractivity contribution in [2.45, 2.75) is 45.2 Å². The fourth-order valence-corrected chi connectivity index (χ4v) is 2.69. The standard InChI is InChI=1S/C14H22F3NO3/c1-9(13(20)21)8-18(2)12(19)7-10-3-5-11(6-4-10)14(15,16)17/h9-11H,3-8H2,1-2H3,(H,20,21). The summed E-state index contributed by atoms with van der Waals surface area (Å²) in [5.74, 6) is -3.09. The molecule has 0 spiro atoms. The number of nitrogens with zero attached hydrogens (tertiary/aromatic N) is 1. The molecule has 21 heavy (non-hydrogen) atoms. The van der Waals surface area contributed by atoms with Crippen LogP contribution in [0.2, 0.25) is 0 Å². The van der Waals surface area contributed by atoms with E-state index in [0.29, 0.717) is 12.8 Å². The molecule has 0 aliphatic heterocycles. The Morgan fingerprint density at radius 1 is 1.24 bits per heavy atom. The topological polar surface area (TPSA) is 57.6 Å². The zero-order valence-electron chi connectivity index (χ0n) is 12.3. The summed E-state index contributed by atoms with van der Waals surface area (Å²) in [5, 5.41) is 8.79. The van der Waals surface area contributed by atoms with Gasteiger partial charge in [0.15, 0.2) is 0 Å².